The Bertz CT molecular complexity index is 1220. The summed E-state index contributed by atoms with van der Waals surface area (Å²) in [5, 5.41) is 2.99. The van der Waals surface area contributed by atoms with Crippen molar-refractivity contribution in [1.82, 2.24) is 14.5 Å². The molecule has 0 aliphatic carbocycles. The molecular formula is C28H30N4O2. The van der Waals surface area contributed by atoms with Gasteiger partial charge < -0.3 is 14.6 Å². The fourth-order valence-electron chi connectivity index (χ4n) is 4.61. The van der Waals surface area contributed by atoms with Gasteiger partial charge in [-0.3, -0.25) is 9.69 Å². The maximum absolute atomic E-state index is 12.4. The lowest BCUT2D eigenvalue weighted by atomic mass is 9.96. The molecular weight excluding hydrogens is 424 g/mol. The molecule has 1 fully saturated rings. The smallest absolute Gasteiger partial charge is 0.238 e. The molecule has 1 N–H and O–H groups in total. The van der Waals surface area contributed by atoms with Gasteiger partial charge in [-0.2, -0.15) is 0 Å². The lowest BCUT2D eigenvalue weighted by Crippen LogP contribution is -2.40. The molecule has 0 atom stereocenters. The molecule has 0 saturated carbocycles. The maximum Gasteiger partial charge on any atom is 0.238 e. The lowest BCUT2D eigenvalue weighted by Gasteiger charge is -2.32. The summed E-state index contributed by atoms with van der Waals surface area (Å²) < 4.78 is 8.35. The summed E-state index contributed by atoms with van der Waals surface area (Å²) in [4.78, 5) is 19.5. The number of carbonyl (C=O) groups is 1. The molecule has 6 nitrogen and oxygen atoms in total. The van der Waals surface area contributed by atoms with Gasteiger partial charge in [0.2, 0.25) is 5.91 Å². The highest BCUT2D eigenvalue weighted by Crippen LogP contribution is 2.24. The summed E-state index contributed by atoms with van der Waals surface area (Å²) >= 11 is 0. The zero-order valence-electron chi connectivity index (χ0n) is 19.3. The standard InChI is InChI=1S/C28H30N4O2/c33-28(29-23-9-3-1-4-10-23)20-31-17-15-22(16-18-31)19-32-26-14-8-7-13-25(26)30-27(32)21-34-24-11-5-2-6-12-24/h1-14,22H,15-21H2,(H,29,33). The van der Waals surface area contributed by atoms with Crippen molar-refractivity contribution in [3.05, 3.63) is 90.8 Å². The van der Waals surface area contributed by atoms with Crippen molar-refractivity contribution in [3.63, 3.8) is 0 Å². The van der Waals surface area contributed by atoms with Gasteiger partial charge in [-0.15, -0.1) is 0 Å². The minimum atomic E-state index is 0.0469. The van der Waals surface area contributed by atoms with Crippen LogP contribution < -0.4 is 10.1 Å². The largest absolute Gasteiger partial charge is 0.486 e. The van der Waals surface area contributed by atoms with Crippen molar-refractivity contribution in [2.75, 3.05) is 25.0 Å². The number of rotatable bonds is 8. The topological polar surface area (TPSA) is 59.4 Å². The van der Waals surface area contributed by atoms with E-state index in [0.717, 1.165) is 60.8 Å². The number of nitrogens with zero attached hydrogens (tertiary/aromatic N) is 3. The first-order chi connectivity index (χ1) is 16.7. The Morgan fingerprint density at radius 3 is 2.35 bits per heavy atom. The molecule has 0 unspecified atom stereocenters. The van der Waals surface area contributed by atoms with Crippen LogP contribution in [0.1, 0.15) is 18.7 Å². The van der Waals surface area contributed by atoms with E-state index in [1.807, 2.05) is 66.7 Å². The van der Waals surface area contributed by atoms with Gasteiger partial charge in [-0.25, -0.2) is 4.98 Å². The lowest BCUT2D eigenvalue weighted by molar-refractivity contribution is -0.117. The zero-order valence-corrected chi connectivity index (χ0v) is 19.3. The second kappa shape index (κ2) is 10.5. The Morgan fingerprint density at radius 2 is 1.59 bits per heavy atom. The summed E-state index contributed by atoms with van der Waals surface area (Å²) in [6.45, 7) is 3.64. The van der Waals surface area contributed by atoms with Crippen molar-refractivity contribution in [2.45, 2.75) is 26.0 Å². The molecule has 6 heteroatoms. The number of ether oxygens (including phenoxy) is 1. The first-order valence-corrected chi connectivity index (χ1v) is 11.9. The summed E-state index contributed by atoms with van der Waals surface area (Å²) in [6, 6.07) is 27.8. The summed E-state index contributed by atoms with van der Waals surface area (Å²) in [6.07, 6.45) is 2.12. The zero-order chi connectivity index (χ0) is 23.2. The van der Waals surface area contributed by atoms with Crippen LogP contribution in [0.15, 0.2) is 84.9 Å². The predicted octanol–water partition coefficient (Wildman–Crippen LogP) is 4.97. The Balaban J connectivity index is 1.19. The molecule has 1 saturated heterocycles. The number of benzene rings is 3. The Kier molecular flexibility index (Phi) is 6.86. The first kappa shape index (κ1) is 22.2. The molecule has 5 rings (SSSR count). The SMILES string of the molecule is O=C(CN1CCC(Cn2c(COc3ccccc3)nc3ccccc32)CC1)Nc1ccccc1. The number of aromatic nitrogens is 2. The number of carbonyl (C=O) groups excluding carboxylic acids is 1. The molecule has 2 heterocycles. The normalized spacial score (nSPS) is 14.8. The third-order valence-corrected chi connectivity index (χ3v) is 6.42. The van der Waals surface area contributed by atoms with Crippen LogP contribution in [0.25, 0.3) is 11.0 Å². The Hall–Kier alpha value is -3.64. The van der Waals surface area contributed by atoms with Crippen LogP contribution in [0.4, 0.5) is 5.69 Å². The Morgan fingerprint density at radius 1 is 0.912 bits per heavy atom. The van der Waals surface area contributed by atoms with E-state index in [0.29, 0.717) is 19.1 Å². The highest BCUT2D eigenvalue weighted by Gasteiger charge is 2.23. The van der Waals surface area contributed by atoms with Gasteiger partial charge in [-0.05, 0) is 68.2 Å². The number of hydrogen-bond acceptors (Lipinski definition) is 4. The number of piperidine rings is 1. The number of nitrogens with one attached hydrogen (secondary N) is 1. The van der Waals surface area contributed by atoms with E-state index in [4.69, 9.17) is 9.72 Å². The number of para-hydroxylation sites is 4. The van der Waals surface area contributed by atoms with E-state index in [1.54, 1.807) is 0 Å². The molecule has 0 bridgehead atoms. The van der Waals surface area contributed by atoms with E-state index in [2.05, 4.69) is 33.0 Å². The van der Waals surface area contributed by atoms with Crippen LogP contribution in [0.5, 0.6) is 5.75 Å². The van der Waals surface area contributed by atoms with Crippen molar-refractivity contribution < 1.29 is 9.53 Å². The highest BCUT2D eigenvalue weighted by molar-refractivity contribution is 5.92. The predicted molar refractivity (Wildman–Crippen MR) is 135 cm³/mol. The average Bonchev–Trinajstić information content (AvgIpc) is 3.22. The molecule has 3 aromatic carbocycles. The van der Waals surface area contributed by atoms with Gasteiger partial charge >= 0.3 is 0 Å². The molecule has 0 spiro atoms. The molecule has 1 aliphatic heterocycles. The third-order valence-electron chi connectivity index (χ3n) is 6.42. The number of likely N-dealkylation sites (tertiary alicyclic amines) is 1. The Labute approximate surface area is 200 Å². The van der Waals surface area contributed by atoms with E-state index in [-0.39, 0.29) is 5.91 Å². The van der Waals surface area contributed by atoms with Gasteiger partial charge in [-0.1, -0.05) is 48.5 Å². The first-order valence-electron chi connectivity index (χ1n) is 11.9. The fraction of sp³-hybridized carbons (Fsp3) is 0.286. The minimum Gasteiger partial charge on any atom is -0.486 e. The molecule has 0 radical (unpaired) electrons. The quantitative estimate of drug-likeness (QED) is 0.409. The highest BCUT2D eigenvalue weighted by atomic mass is 16.5. The number of anilines is 1. The number of fused-ring (bicyclic) bond motifs is 1. The van der Waals surface area contributed by atoms with Crippen molar-refractivity contribution in [1.29, 1.82) is 0 Å². The average molecular weight is 455 g/mol. The molecule has 1 aliphatic rings. The molecule has 1 amide bonds. The van der Waals surface area contributed by atoms with E-state index >= 15 is 0 Å². The maximum atomic E-state index is 12.4. The molecule has 1 aromatic heterocycles. The van der Waals surface area contributed by atoms with E-state index < -0.39 is 0 Å². The van der Waals surface area contributed by atoms with Gasteiger partial charge in [0.05, 0.1) is 17.6 Å². The van der Waals surface area contributed by atoms with Crippen molar-refractivity contribution >= 4 is 22.6 Å². The number of hydrogen-bond donors (Lipinski definition) is 1. The van der Waals surface area contributed by atoms with Gasteiger partial charge in [0, 0.05) is 12.2 Å². The van der Waals surface area contributed by atoms with Gasteiger partial charge in [0.1, 0.15) is 18.2 Å². The van der Waals surface area contributed by atoms with Crippen molar-refractivity contribution in [3.8, 4) is 5.75 Å². The molecule has 34 heavy (non-hydrogen) atoms. The van der Waals surface area contributed by atoms with Gasteiger partial charge in [0.15, 0.2) is 0 Å². The van der Waals surface area contributed by atoms with Crippen LogP contribution in [0.3, 0.4) is 0 Å². The van der Waals surface area contributed by atoms with Crippen LogP contribution in [-0.4, -0.2) is 40.0 Å². The number of imidazole rings is 1. The van der Waals surface area contributed by atoms with E-state index in [9.17, 15) is 4.79 Å². The second-order valence-corrected chi connectivity index (χ2v) is 8.86. The monoisotopic (exact) mass is 454 g/mol. The van der Waals surface area contributed by atoms with Crippen LogP contribution in [0.2, 0.25) is 0 Å². The number of amides is 1. The molecule has 174 valence electrons. The minimum absolute atomic E-state index is 0.0469. The fourth-order valence-corrected chi connectivity index (χ4v) is 4.61. The summed E-state index contributed by atoms with van der Waals surface area (Å²) in [5.41, 5.74) is 3.00. The van der Waals surface area contributed by atoms with Crippen LogP contribution in [0, 0.1) is 5.92 Å². The second-order valence-electron chi connectivity index (χ2n) is 8.86. The van der Waals surface area contributed by atoms with Crippen LogP contribution in [-0.2, 0) is 17.9 Å². The summed E-state index contributed by atoms with van der Waals surface area (Å²) in [7, 11) is 0. The van der Waals surface area contributed by atoms with E-state index in [1.165, 1.54) is 0 Å². The van der Waals surface area contributed by atoms with Crippen LogP contribution >= 0.6 is 0 Å². The van der Waals surface area contributed by atoms with Gasteiger partial charge in [0.25, 0.3) is 0 Å². The summed E-state index contributed by atoms with van der Waals surface area (Å²) in [5.74, 6) is 2.39. The third kappa shape index (κ3) is 5.46. The van der Waals surface area contributed by atoms with Crippen molar-refractivity contribution in [2.24, 2.45) is 5.92 Å². The molecule has 4 aromatic rings.